The van der Waals surface area contributed by atoms with E-state index in [1.807, 2.05) is 22.8 Å². The molecule has 0 atom stereocenters. The Kier molecular flexibility index (Phi) is 6.78. The van der Waals surface area contributed by atoms with Crippen molar-refractivity contribution in [1.29, 1.82) is 0 Å². The van der Waals surface area contributed by atoms with Crippen LogP contribution < -0.4 is 0 Å². The van der Waals surface area contributed by atoms with Crippen molar-refractivity contribution in [1.82, 2.24) is 14.7 Å². The molecule has 0 bridgehead atoms. The predicted molar refractivity (Wildman–Crippen MR) is 96.7 cm³/mol. The summed E-state index contributed by atoms with van der Waals surface area (Å²) in [6.45, 7) is 11.6. The topological polar surface area (TPSA) is 47.0 Å². The van der Waals surface area contributed by atoms with E-state index >= 15 is 0 Å². The Morgan fingerprint density at radius 3 is 2.33 bits per heavy atom. The van der Waals surface area contributed by atoms with Crippen LogP contribution in [0.3, 0.4) is 0 Å². The minimum atomic E-state index is -0.773. The SMILES string of the molecule is CCN(CC(=O)N1CCN(Cc2ccccc2)CC1)CC(C)(C)O. The third kappa shape index (κ3) is 6.23. The zero-order chi connectivity index (χ0) is 17.6. The van der Waals surface area contributed by atoms with Crippen LogP contribution >= 0.6 is 0 Å². The van der Waals surface area contributed by atoms with Gasteiger partial charge in [-0.15, -0.1) is 0 Å². The first kappa shape index (κ1) is 18.9. The number of nitrogens with zero attached hydrogens (tertiary/aromatic N) is 3. The van der Waals surface area contributed by atoms with E-state index < -0.39 is 5.60 Å². The second kappa shape index (κ2) is 8.60. The van der Waals surface area contributed by atoms with E-state index in [2.05, 4.69) is 29.2 Å². The molecule has 0 spiro atoms. The summed E-state index contributed by atoms with van der Waals surface area (Å²) in [5.41, 5.74) is 0.546. The van der Waals surface area contributed by atoms with E-state index in [1.54, 1.807) is 13.8 Å². The van der Waals surface area contributed by atoms with Gasteiger partial charge in [-0.05, 0) is 26.0 Å². The number of hydrogen-bond donors (Lipinski definition) is 1. The fraction of sp³-hybridized carbons (Fsp3) is 0.632. The number of aliphatic hydroxyl groups is 1. The molecule has 134 valence electrons. The number of amides is 1. The lowest BCUT2D eigenvalue weighted by atomic mass is 10.1. The van der Waals surface area contributed by atoms with Crippen LogP contribution in [0.4, 0.5) is 0 Å². The lowest BCUT2D eigenvalue weighted by molar-refractivity contribution is -0.134. The standard InChI is InChI=1S/C19H31N3O2/c1-4-20(16-19(2,3)24)15-18(23)22-12-10-21(11-13-22)14-17-8-6-5-7-9-17/h5-9,24H,4,10-16H2,1-3H3. The fourth-order valence-corrected chi connectivity index (χ4v) is 3.12. The molecule has 0 radical (unpaired) electrons. The number of likely N-dealkylation sites (N-methyl/N-ethyl adjacent to an activating group) is 1. The Balaban J connectivity index is 1.77. The molecule has 1 saturated heterocycles. The van der Waals surface area contributed by atoms with Crippen molar-refractivity contribution in [2.75, 3.05) is 45.8 Å². The van der Waals surface area contributed by atoms with Gasteiger partial charge in [-0.25, -0.2) is 0 Å². The zero-order valence-corrected chi connectivity index (χ0v) is 15.2. The molecule has 0 saturated carbocycles. The van der Waals surface area contributed by atoms with Gasteiger partial charge in [0.2, 0.25) is 5.91 Å². The smallest absolute Gasteiger partial charge is 0.236 e. The van der Waals surface area contributed by atoms with Crippen LogP contribution in [-0.4, -0.2) is 77.1 Å². The van der Waals surface area contributed by atoms with Crippen molar-refractivity contribution < 1.29 is 9.90 Å². The Bertz CT molecular complexity index is 505. The number of rotatable bonds is 7. The summed E-state index contributed by atoms with van der Waals surface area (Å²) >= 11 is 0. The molecule has 0 aliphatic carbocycles. The van der Waals surface area contributed by atoms with Crippen LogP contribution in [0, 0.1) is 0 Å². The van der Waals surface area contributed by atoms with E-state index in [0.29, 0.717) is 13.1 Å². The molecular weight excluding hydrogens is 302 g/mol. The highest BCUT2D eigenvalue weighted by Crippen LogP contribution is 2.10. The summed E-state index contributed by atoms with van der Waals surface area (Å²) in [5.74, 6) is 0.167. The first-order valence-corrected chi connectivity index (χ1v) is 8.86. The summed E-state index contributed by atoms with van der Waals surface area (Å²) in [6.07, 6.45) is 0. The van der Waals surface area contributed by atoms with E-state index in [9.17, 15) is 9.90 Å². The maximum atomic E-state index is 12.5. The molecule has 0 aromatic heterocycles. The summed E-state index contributed by atoms with van der Waals surface area (Å²) in [7, 11) is 0. The lowest BCUT2D eigenvalue weighted by Crippen LogP contribution is -2.52. The highest BCUT2D eigenvalue weighted by Gasteiger charge is 2.24. The summed E-state index contributed by atoms with van der Waals surface area (Å²) in [4.78, 5) is 18.9. The van der Waals surface area contributed by atoms with Gasteiger partial charge in [0.1, 0.15) is 0 Å². The van der Waals surface area contributed by atoms with Gasteiger partial charge in [0, 0.05) is 39.3 Å². The highest BCUT2D eigenvalue weighted by atomic mass is 16.3. The normalized spacial score (nSPS) is 16.6. The molecule has 1 aromatic carbocycles. The van der Waals surface area contributed by atoms with E-state index in [0.717, 1.165) is 39.3 Å². The van der Waals surface area contributed by atoms with E-state index in [4.69, 9.17) is 0 Å². The molecule has 24 heavy (non-hydrogen) atoms. The van der Waals surface area contributed by atoms with Gasteiger partial charge in [-0.1, -0.05) is 37.3 Å². The monoisotopic (exact) mass is 333 g/mol. The molecule has 1 aliphatic heterocycles. The third-order valence-electron chi connectivity index (χ3n) is 4.39. The fourth-order valence-electron chi connectivity index (χ4n) is 3.12. The quantitative estimate of drug-likeness (QED) is 0.820. The van der Waals surface area contributed by atoms with Crippen molar-refractivity contribution in [2.45, 2.75) is 32.9 Å². The summed E-state index contributed by atoms with van der Waals surface area (Å²) in [5, 5.41) is 9.94. The minimum Gasteiger partial charge on any atom is -0.389 e. The maximum absolute atomic E-state index is 12.5. The van der Waals surface area contributed by atoms with Crippen molar-refractivity contribution in [2.24, 2.45) is 0 Å². The second-order valence-electron chi connectivity index (χ2n) is 7.26. The largest absolute Gasteiger partial charge is 0.389 e. The van der Waals surface area contributed by atoms with Gasteiger partial charge in [0.05, 0.1) is 12.1 Å². The van der Waals surface area contributed by atoms with Gasteiger partial charge in [0.15, 0.2) is 0 Å². The predicted octanol–water partition coefficient (Wildman–Crippen LogP) is 1.42. The Hall–Kier alpha value is -1.43. The molecule has 1 N–H and O–H groups in total. The average Bonchev–Trinajstić information content (AvgIpc) is 2.54. The first-order chi connectivity index (χ1) is 11.4. The Morgan fingerprint density at radius 1 is 1.17 bits per heavy atom. The number of benzene rings is 1. The molecule has 5 heteroatoms. The number of hydrogen-bond acceptors (Lipinski definition) is 4. The van der Waals surface area contributed by atoms with Crippen LogP contribution in [0.2, 0.25) is 0 Å². The summed E-state index contributed by atoms with van der Waals surface area (Å²) in [6, 6.07) is 10.5. The Labute approximate surface area is 145 Å². The van der Waals surface area contributed by atoms with Gasteiger partial charge >= 0.3 is 0 Å². The van der Waals surface area contributed by atoms with Crippen LogP contribution in [0.15, 0.2) is 30.3 Å². The van der Waals surface area contributed by atoms with Crippen LogP contribution in [0.5, 0.6) is 0 Å². The molecule has 1 aliphatic rings. The maximum Gasteiger partial charge on any atom is 0.236 e. The molecule has 2 rings (SSSR count). The van der Waals surface area contributed by atoms with Gasteiger partial charge in [-0.2, -0.15) is 0 Å². The average molecular weight is 333 g/mol. The number of piperazine rings is 1. The highest BCUT2D eigenvalue weighted by molar-refractivity contribution is 5.78. The van der Waals surface area contributed by atoms with Crippen molar-refractivity contribution in [3.8, 4) is 0 Å². The van der Waals surface area contributed by atoms with Crippen molar-refractivity contribution in [3.63, 3.8) is 0 Å². The third-order valence-corrected chi connectivity index (χ3v) is 4.39. The molecule has 1 amide bonds. The number of carbonyl (C=O) groups excluding carboxylic acids is 1. The van der Waals surface area contributed by atoms with Gasteiger partial charge < -0.3 is 10.0 Å². The first-order valence-electron chi connectivity index (χ1n) is 8.86. The zero-order valence-electron chi connectivity index (χ0n) is 15.2. The van der Waals surface area contributed by atoms with Crippen LogP contribution in [0.25, 0.3) is 0 Å². The molecule has 1 aromatic rings. The summed E-state index contributed by atoms with van der Waals surface area (Å²) < 4.78 is 0. The van der Waals surface area contributed by atoms with Crippen LogP contribution in [-0.2, 0) is 11.3 Å². The molecule has 1 fully saturated rings. The second-order valence-corrected chi connectivity index (χ2v) is 7.26. The molecule has 0 unspecified atom stereocenters. The van der Waals surface area contributed by atoms with Crippen LogP contribution in [0.1, 0.15) is 26.3 Å². The molecule has 5 nitrogen and oxygen atoms in total. The molecule has 1 heterocycles. The molecular formula is C19H31N3O2. The minimum absolute atomic E-state index is 0.167. The van der Waals surface area contributed by atoms with Crippen molar-refractivity contribution >= 4 is 5.91 Å². The van der Waals surface area contributed by atoms with E-state index in [-0.39, 0.29) is 5.91 Å². The Morgan fingerprint density at radius 2 is 1.79 bits per heavy atom. The van der Waals surface area contributed by atoms with Gasteiger partial charge in [-0.3, -0.25) is 14.6 Å². The number of carbonyl (C=O) groups is 1. The lowest BCUT2D eigenvalue weighted by Gasteiger charge is -2.36. The van der Waals surface area contributed by atoms with E-state index in [1.165, 1.54) is 5.56 Å². The van der Waals surface area contributed by atoms with Crippen molar-refractivity contribution in [3.05, 3.63) is 35.9 Å². The van der Waals surface area contributed by atoms with Gasteiger partial charge in [0.25, 0.3) is 0 Å².